The molecule has 19 heavy (non-hydrogen) atoms. The first-order chi connectivity index (χ1) is 8.92. The van der Waals surface area contributed by atoms with E-state index in [2.05, 4.69) is 4.18 Å². The van der Waals surface area contributed by atoms with E-state index in [1.54, 1.807) is 23.0 Å². The Hall–Kier alpha value is -1.66. The molecule has 102 valence electrons. The van der Waals surface area contributed by atoms with Crippen molar-refractivity contribution in [2.24, 2.45) is 0 Å². The second-order valence-corrected chi connectivity index (χ2v) is 5.94. The maximum absolute atomic E-state index is 13.0. The van der Waals surface area contributed by atoms with Gasteiger partial charge in [-0.3, -0.25) is 0 Å². The molecule has 0 amide bonds. The first-order valence-electron chi connectivity index (χ1n) is 5.66. The highest BCUT2D eigenvalue weighted by Crippen LogP contribution is 2.11. The third-order valence-electron chi connectivity index (χ3n) is 2.52. The summed E-state index contributed by atoms with van der Waals surface area (Å²) in [5, 5.41) is 0. The highest BCUT2D eigenvalue weighted by atomic mass is 32.2. The van der Waals surface area contributed by atoms with E-state index in [4.69, 9.17) is 0 Å². The quantitative estimate of drug-likeness (QED) is 0.790. The van der Waals surface area contributed by atoms with Gasteiger partial charge in [0.05, 0.1) is 6.26 Å². The highest BCUT2D eigenvalue weighted by Gasteiger charge is 2.04. The number of hydrogen-bond acceptors (Lipinski definition) is 3. The minimum absolute atomic E-state index is 0.0536. The van der Waals surface area contributed by atoms with E-state index in [-0.39, 0.29) is 12.5 Å². The molecule has 2 aromatic rings. The van der Waals surface area contributed by atoms with Gasteiger partial charge in [-0.15, -0.1) is 0 Å². The zero-order valence-corrected chi connectivity index (χ0v) is 11.2. The van der Waals surface area contributed by atoms with Crippen molar-refractivity contribution in [3.05, 3.63) is 59.7 Å². The van der Waals surface area contributed by atoms with Crippen LogP contribution in [0, 0.1) is 5.82 Å². The second-order valence-electron chi connectivity index (χ2n) is 4.29. The Morgan fingerprint density at radius 2 is 2.05 bits per heavy atom. The molecule has 0 unspecified atom stereocenters. The van der Waals surface area contributed by atoms with Gasteiger partial charge in [0.1, 0.15) is 12.5 Å². The average molecular weight is 283 g/mol. The summed E-state index contributed by atoms with van der Waals surface area (Å²) in [5.41, 5.74) is 1.82. The van der Waals surface area contributed by atoms with Crippen LogP contribution in [0.1, 0.15) is 11.1 Å². The zero-order chi connectivity index (χ0) is 13.9. The van der Waals surface area contributed by atoms with Gasteiger partial charge in [0.15, 0.2) is 0 Å². The summed E-state index contributed by atoms with van der Waals surface area (Å²) >= 11 is 0. The molecule has 0 saturated carbocycles. The van der Waals surface area contributed by atoms with Gasteiger partial charge in [-0.1, -0.05) is 12.1 Å². The van der Waals surface area contributed by atoms with E-state index >= 15 is 0 Å². The molecule has 0 aliphatic rings. The highest BCUT2D eigenvalue weighted by molar-refractivity contribution is 7.85. The third kappa shape index (κ3) is 4.50. The summed E-state index contributed by atoms with van der Waals surface area (Å²) in [4.78, 5) is 0. The van der Waals surface area contributed by atoms with Crippen LogP contribution >= 0.6 is 0 Å². The van der Waals surface area contributed by atoms with E-state index in [0.717, 1.165) is 17.4 Å². The number of rotatable bonds is 5. The minimum atomic E-state index is -3.45. The van der Waals surface area contributed by atoms with Crippen molar-refractivity contribution in [2.75, 3.05) is 6.26 Å². The van der Waals surface area contributed by atoms with Gasteiger partial charge in [0.25, 0.3) is 10.1 Å². The molecular weight excluding hydrogens is 269 g/mol. The van der Waals surface area contributed by atoms with Gasteiger partial charge in [0, 0.05) is 12.4 Å². The van der Waals surface area contributed by atoms with E-state index in [1.807, 2.05) is 12.1 Å². The number of aromatic nitrogens is 1. The molecule has 0 aliphatic heterocycles. The van der Waals surface area contributed by atoms with E-state index in [0.29, 0.717) is 6.42 Å². The van der Waals surface area contributed by atoms with Crippen LogP contribution in [0.2, 0.25) is 0 Å². The van der Waals surface area contributed by atoms with Crippen LogP contribution < -0.4 is 0 Å². The molecule has 0 saturated heterocycles. The van der Waals surface area contributed by atoms with Crippen molar-refractivity contribution < 1.29 is 17.0 Å². The fourth-order valence-electron chi connectivity index (χ4n) is 1.71. The lowest BCUT2D eigenvalue weighted by molar-refractivity contribution is 0.246. The third-order valence-corrected chi connectivity index (χ3v) is 3.06. The standard InChI is InChI=1S/C13H14FNO3S/c1-19(16,17)18-10-15-6-5-12(9-15)7-11-3-2-4-13(14)8-11/h2-6,8-9H,7,10H2,1H3. The van der Waals surface area contributed by atoms with E-state index in [1.165, 1.54) is 12.1 Å². The summed E-state index contributed by atoms with van der Waals surface area (Å²) in [7, 11) is -3.45. The lowest BCUT2D eigenvalue weighted by Gasteiger charge is -2.02. The van der Waals surface area contributed by atoms with Gasteiger partial charge < -0.3 is 4.57 Å². The molecule has 0 spiro atoms. The lowest BCUT2D eigenvalue weighted by atomic mass is 10.1. The molecular formula is C13H14FNO3S. The number of nitrogens with zero attached hydrogens (tertiary/aromatic N) is 1. The second kappa shape index (κ2) is 5.54. The van der Waals surface area contributed by atoms with Gasteiger partial charge in [-0.25, -0.2) is 8.57 Å². The Morgan fingerprint density at radius 3 is 2.74 bits per heavy atom. The van der Waals surface area contributed by atoms with Gasteiger partial charge >= 0.3 is 0 Å². The van der Waals surface area contributed by atoms with Crippen LogP contribution in [-0.2, 0) is 27.5 Å². The fraction of sp³-hybridized carbons (Fsp3) is 0.231. The summed E-state index contributed by atoms with van der Waals surface area (Å²) < 4.78 is 41.1. The zero-order valence-electron chi connectivity index (χ0n) is 10.4. The Balaban J connectivity index is 2.01. The van der Waals surface area contributed by atoms with Gasteiger partial charge in [0.2, 0.25) is 0 Å². The lowest BCUT2D eigenvalue weighted by Crippen LogP contribution is -2.06. The molecule has 0 aliphatic carbocycles. The molecule has 6 heteroatoms. The average Bonchev–Trinajstić information content (AvgIpc) is 2.73. The molecule has 0 radical (unpaired) electrons. The van der Waals surface area contributed by atoms with Crippen molar-refractivity contribution in [2.45, 2.75) is 13.2 Å². The monoisotopic (exact) mass is 283 g/mol. The molecule has 1 heterocycles. The van der Waals surface area contributed by atoms with Crippen molar-refractivity contribution in [3.8, 4) is 0 Å². The Bertz CT molecular complexity index is 664. The number of benzene rings is 1. The summed E-state index contributed by atoms with van der Waals surface area (Å²) in [6.07, 6.45) is 5.09. The number of halogens is 1. The van der Waals surface area contributed by atoms with Crippen LogP contribution in [0.3, 0.4) is 0 Å². The van der Waals surface area contributed by atoms with Crippen LogP contribution in [0.25, 0.3) is 0 Å². The molecule has 0 bridgehead atoms. The molecule has 0 atom stereocenters. The van der Waals surface area contributed by atoms with Crippen molar-refractivity contribution in [1.82, 2.24) is 4.57 Å². The summed E-state index contributed by atoms with van der Waals surface area (Å²) in [6, 6.07) is 8.22. The summed E-state index contributed by atoms with van der Waals surface area (Å²) in [6.45, 7) is -0.0536. The molecule has 0 N–H and O–H groups in total. The SMILES string of the molecule is CS(=O)(=O)OCn1ccc(Cc2cccc(F)c2)c1. The van der Waals surface area contributed by atoms with E-state index < -0.39 is 10.1 Å². The van der Waals surface area contributed by atoms with Crippen LogP contribution in [-0.4, -0.2) is 19.2 Å². The van der Waals surface area contributed by atoms with Crippen LogP contribution in [0.4, 0.5) is 4.39 Å². The fourth-order valence-corrected chi connectivity index (χ4v) is 2.03. The summed E-state index contributed by atoms with van der Waals surface area (Å²) in [5.74, 6) is -0.266. The predicted octanol–water partition coefficient (Wildman–Crippen LogP) is 2.15. The Kier molecular flexibility index (Phi) is 4.01. The molecule has 0 fully saturated rings. The normalized spacial score (nSPS) is 11.7. The van der Waals surface area contributed by atoms with Crippen LogP contribution in [0.5, 0.6) is 0 Å². The first kappa shape index (κ1) is 13.8. The van der Waals surface area contributed by atoms with Crippen molar-refractivity contribution in [1.29, 1.82) is 0 Å². The van der Waals surface area contributed by atoms with Crippen molar-refractivity contribution in [3.63, 3.8) is 0 Å². The molecule has 2 rings (SSSR count). The Labute approximate surface area is 111 Å². The maximum Gasteiger partial charge on any atom is 0.266 e. The molecule has 4 nitrogen and oxygen atoms in total. The van der Waals surface area contributed by atoms with E-state index in [9.17, 15) is 12.8 Å². The molecule has 1 aromatic heterocycles. The largest absolute Gasteiger partial charge is 0.329 e. The van der Waals surface area contributed by atoms with Crippen LogP contribution in [0.15, 0.2) is 42.7 Å². The Morgan fingerprint density at radius 1 is 1.26 bits per heavy atom. The van der Waals surface area contributed by atoms with Gasteiger partial charge in [-0.05, 0) is 35.7 Å². The maximum atomic E-state index is 13.0. The number of hydrogen-bond donors (Lipinski definition) is 0. The topological polar surface area (TPSA) is 48.3 Å². The van der Waals surface area contributed by atoms with Crippen molar-refractivity contribution >= 4 is 10.1 Å². The molecule has 1 aromatic carbocycles. The first-order valence-corrected chi connectivity index (χ1v) is 7.47. The predicted molar refractivity (Wildman–Crippen MR) is 69.6 cm³/mol. The smallest absolute Gasteiger partial charge is 0.266 e. The minimum Gasteiger partial charge on any atom is -0.329 e. The van der Waals surface area contributed by atoms with Gasteiger partial charge in [-0.2, -0.15) is 8.42 Å².